The summed E-state index contributed by atoms with van der Waals surface area (Å²) < 4.78 is 31.1. The number of thiophene rings is 1. The van der Waals surface area contributed by atoms with Crippen molar-refractivity contribution in [3.8, 4) is 0 Å². The number of rotatable bonds is 3. The first kappa shape index (κ1) is 10.7. The standard InChI is InChI=1S/C8H12O3S2/c1-6-5-8(7(2)12-6)3-4-13(9,10)11/h5H,3-4H2,1-2H3,(H,9,10,11)/p-1. The predicted molar refractivity (Wildman–Crippen MR) is 52.1 cm³/mol. The molecule has 0 fully saturated rings. The maximum atomic E-state index is 10.4. The van der Waals surface area contributed by atoms with E-state index in [4.69, 9.17) is 0 Å². The molecule has 0 spiro atoms. The Kier molecular flexibility index (Phi) is 3.10. The first-order valence-electron chi connectivity index (χ1n) is 3.88. The van der Waals surface area contributed by atoms with Gasteiger partial charge in [0.25, 0.3) is 0 Å². The summed E-state index contributed by atoms with van der Waals surface area (Å²) in [6, 6.07) is 1.94. The fourth-order valence-corrected chi connectivity index (χ4v) is 2.61. The van der Waals surface area contributed by atoms with Crippen LogP contribution in [0.4, 0.5) is 0 Å². The maximum absolute atomic E-state index is 10.4. The van der Waals surface area contributed by atoms with Crippen molar-refractivity contribution in [2.45, 2.75) is 20.3 Å². The molecule has 13 heavy (non-hydrogen) atoms. The quantitative estimate of drug-likeness (QED) is 0.723. The Morgan fingerprint density at radius 1 is 1.46 bits per heavy atom. The van der Waals surface area contributed by atoms with Crippen LogP contribution in [0.2, 0.25) is 0 Å². The van der Waals surface area contributed by atoms with Crippen LogP contribution in [-0.2, 0) is 16.5 Å². The Morgan fingerprint density at radius 3 is 2.46 bits per heavy atom. The lowest BCUT2D eigenvalue weighted by atomic mass is 10.2. The van der Waals surface area contributed by atoms with E-state index in [2.05, 4.69) is 0 Å². The molecule has 1 rings (SSSR count). The average molecular weight is 219 g/mol. The highest BCUT2D eigenvalue weighted by Gasteiger charge is 2.04. The molecule has 0 amide bonds. The zero-order valence-corrected chi connectivity index (χ0v) is 9.17. The third kappa shape index (κ3) is 3.46. The van der Waals surface area contributed by atoms with Gasteiger partial charge in [-0.3, -0.25) is 0 Å². The van der Waals surface area contributed by atoms with Gasteiger partial charge in [0.1, 0.15) is 0 Å². The molecule has 0 aromatic carbocycles. The number of hydrogen-bond acceptors (Lipinski definition) is 4. The first-order valence-corrected chi connectivity index (χ1v) is 6.27. The highest BCUT2D eigenvalue weighted by molar-refractivity contribution is 7.85. The van der Waals surface area contributed by atoms with Gasteiger partial charge in [-0.2, -0.15) is 0 Å². The van der Waals surface area contributed by atoms with Crippen LogP contribution in [0, 0.1) is 13.8 Å². The first-order chi connectivity index (χ1) is 5.88. The normalized spacial score (nSPS) is 11.9. The summed E-state index contributed by atoms with van der Waals surface area (Å²) in [6.45, 7) is 3.90. The van der Waals surface area contributed by atoms with Gasteiger partial charge in [0, 0.05) is 15.5 Å². The summed E-state index contributed by atoms with van der Waals surface area (Å²) in [5, 5.41) is 0. The molecule has 0 aliphatic rings. The maximum Gasteiger partial charge on any atom is 0.0949 e. The lowest BCUT2D eigenvalue weighted by Crippen LogP contribution is -2.06. The molecule has 0 saturated heterocycles. The monoisotopic (exact) mass is 219 g/mol. The third-order valence-corrected chi connectivity index (χ3v) is 3.48. The van der Waals surface area contributed by atoms with Gasteiger partial charge >= 0.3 is 0 Å². The Morgan fingerprint density at radius 2 is 2.08 bits per heavy atom. The summed E-state index contributed by atoms with van der Waals surface area (Å²) in [4.78, 5) is 2.25. The summed E-state index contributed by atoms with van der Waals surface area (Å²) in [6.07, 6.45) is 0.335. The van der Waals surface area contributed by atoms with Crippen molar-refractivity contribution in [3.63, 3.8) is 0 Å². The minimum atomic E-state index is -4.08. The molecule has 5 heteroatoms. The lowest BCUT2D eigenvalue weighted by Gasteiger charge is -2.05. The molecular formula is C8H11O3S2-. The minimum absolute atomic E-state index is 0.302. The van der Waals surface area contributed by atoms with Crippen LogP contribution in [0.1, 0.15) is 15.3 Å². The van der Waals surface area contributed by atoms with Crippen LogP contribution >= 0.6 is 11.3 Å². The molecule has 0 N–H and O–H groups in total. The van der Waals surface area contributed by atoms with Gasteiger partial charge in [0.2, 0.25) is 0 Å². The average Bonchev–Trinajstić information content (AvgIpc) is 2.24. The molecule has 0 aliphatic carbocycles. The van der Waals surface area contributed by atoms with Crippen LogP contribution in [0.25, 0.3) is 0 Å². The van der Waals surface area contributed by atoms with Crippen molar-refractivity contribution in [2.75, 3.05) is 5.75 Å². The van der Waals surface area contributed by atoms with Crippen molar-refractivity contribution >= 4 is 21.5 Å². The summed E-state index contributed by atoms with van der Waals surface area (Å²) in [7, 11) is -4.08. The summed E-state index contributed by atoms with van der Waals surface area (Å²) >= 11 is 1.62. The van der Waals surface area contributed by atoms with Gasteiger partial charge in [-0.15, -0.1) is 11.3 Å². The minimum Gasteiger partial charge on any atom is -0.748 e. The fourth-order valence-electron chi connectivity index (χ4n) is 1.17. The van der Waals surface area contributed by atoms with Gasteiger partial charge < -0.3 is 4.55 Å². The zero-order chi connectivity index (χ0) is 10.1. The molecule has 0 bridgehead atoms. The van der Waals surface area contributed by atoms with E-state index in [1.807, 2.05) is 19.9 Å². The largest absolute Gasteiger partial charge is 0.748 e. The van der Waals surface area contributed by atoms with Crippen molar-refractivity contribution < 1.29 is 13.0 Å². The lowest BCUT2D eigenvalue weighted by molar-refractivity contribution is 0.462. The van der Waals surface area contributed by atoms with E-state index >= 15 is 0 Å². The van der Waals surface area contributed by atoms with Gasteiger partial charge in [0.05, 0.1) is 10.1 Å². The second-order valence-electron chi connectivity index (χ2n) is 2.95. The van der Waals surface area contributed by atoms with E-state index in [-0.39, 0.29) is 5.75 Å². The molecule has 0 radical (unpaired) electrons. The Bertz CT molecular complexity index is 390. The fraction of sp³-hybridized carbons (Fsp3) is 0.500. The van der Waals surface area contributed by atoms with E-state index in [0.29, 0.717) is 6.42 Å². The third-order valence-electron chi connectivity index (χ3n) is 1.77. The molecule has 74 valence electrons. The van der Waals surface area contributed by atoms with E-state index < -0.39 is 10.1 Å². The highest BCUT2D eigenvalue weighted by Crippen LogP contribution is 2.21. The second-order valence-corrected chi connectivity index (χ2v) is 5.93. The summed E-state index contributed by atoms with van der Waals surface area (Å²) in [5.74, 6) is -0.302. The molecule has 1 aromatic rings. The molecule has 0 aliphatic heterocycles. The molecular weight excluding hydrogens is 208 g/mol. The van der Waals surface area contributed by atoms with Crippen molar-refractivity contribution in [2.24, 2.45) is 0 Å². The van der Waals surface area contributed by atoms with Crippen molar-refractivity contribution in [1.29, 1.82) is 0 Å². The van der Waals surface area contributed by atoms with Gasteiger partial charge in [-0.05, 0) is 31.9 Å². The van der Waals surface area contributed by atoms with Crippen molar-refractivity contribution in [3.05, 3.63) is 21.4 Å². The molecule has 1 aromatic heterocycles. The molecule has 1 heterocycles. The smallest absolute Gasteiger partial charge is 0.0949 e. The zero-order valence-electron chi connectivity index (χ0n) is 7.53. The predicted octanol–water partition coefficient (Wildman–Crippen LogP) is 1.45. The van der Waals surface area contributed by atoms with E-state index in [1.54, 1.807) is 11.3 Å². The second kappa shape index (κ2) is 3.77. The Balaban J connectivity index is 2.70. The molecule has 3 nitrogen and oxygen atoms in total. The molecule has 0 saturated carbocycles. The van der Waals surface area contributed by atoms with Crippen LogP contribution in [-0.4, -0.2) is 18.7 Å². The Labute approximate surface area is 82.2 Å². The van der Waals surface area contributed by atoms with Crippen molar-refractivity contribution in [1.82, 2.24) is 0 Å². The Hall–Kier alpha value is -0.390. The SMILES string of the molecule is Cc1cc(CCS(=O)(=O)[O-])c(C)s1. The van der Waals surface area contributed by atoms with Crippen LogP contribution in [0.3, 0.4) is 0 Å². The number of hydrogen-bond donors (Lipinski definition) is 0. The van der Waals surface area contributed by atoms with E-state index in [1.165, 1.54) is 0 Å². The van der Waals surface area contributed by atoms with Crippen LogP contribution in [0.15, 0.2) is 6.07 Å². The highest BCUT2D eigenvalue weighted by atomic mass is 32.2. The molecule has 0 unspecified atom stereocenters. The van der Waals surface area contributed by atoms with Crippen LogP contribution < -0.4 is 0 Å². The molecule has 0 atom stereocenters. The number of aryl methyl sites for hydroxylation is 3. The van der Waals surface area contributed by atoms with Gasteiger partial charge in [0.15, 0.2) is 0 Å². The summed E-state index contributed by atoms with van der Waals surface area (Å²) in [5.41, 5.74) is 0.974. The van der Waals surface area contributed by atoms with E-state index in [9.17, 15) is 13.0 Å². The van der Waals surface area contributed by atoms with Gasteiger partial charge in [-0.1, -0.05) is 0 Å². The topological polar surface area (TPSA) is 57.2 Å². The van der Waals surface area contributed by atoms with E-state index in [0.717, 1.165) is 15.3 Å². The van der Waals surface area contributed by atoms with Gasteiger partial charge in [-0.25, -0.2) is 8.42 Å². The van der Waals surface area contributed by atoms with Crippen LogP contribution in [0.5, 0.6) is 0 Å².